The van der Waals surface area contributed by atoms with Gasteiger partial charge < -0.3 is 19.9 Å². The number of aliphatic hydroxyl groups excluding tert-OH is 1. The van der Waals surface area contributed by atoms with Crippen molar-refractivity contribution in [1.82, 2.24) is 5.32 Å². The van der Waals surface area contributed by atoms with E-state index >= 15 is 0 Å². The fraction of sp³-hybridized carbons (Fsp3) is 0.565. The van der Waals surface area contributed by atoms with Gasteiger partial charge in [0.2, 0.25) is 0 Å². The van der Waals surface area contributed by atoms with Gasteiger partial charge in [0.05, 0.1) is 18.8 Å². The van der Waals surface area contributed by atoms with E-state index in [9.17, 15) is 14.7 Å². The van der Waals surface area contributed by atoms with E-state index in [-0.39, 0.29) is 12.4 Å². The van der Waals surface area contributed by atoms with E-state index in [1.54, 1.807) is 39.8 Å². The van der Waals surface area contributed by atoms with Crippen LogP contribution in [-0.2, 0) is 20.7 Å². The number of carbonyl (C=O) groups is 2. The van der Waals surface area contributed by atoms with Crippen LogP contribution in [0.25, 0.3) is 0 Å². The third kappa shape index (κ3) is 11.3. The molecule has 0 bridgehead atoms. The smallest absolute Gasteiger partial charge is 0.408 e. The van der Waals surface area contributed by atoms with Gasteiger partial charge in [-0.25, -0.2) is 4.79 Å². The number of amides is 1. The molecule has 0 aliphatic rings. The largest absolute Gasteiger partial charge is 0.466 e. The molecule has 2 N–H and O–H groups in total. The summed E-state index contributed by atoms with van der Waals surface area (Å²) in [7, 11) is 0. The third-order valence-electron chi connectivity index (χ3n) is 3.96. The second kappa shape index (κ2) is 11.6. The van der Waals surface area contributed by atoms with Crippen LogP contribution in [-0.4, -0.2) is 41.5 Å². The maximum absolute atomic E-state index is 12.1. The van der Waals surface area contributed by atoms with Crippen LogP contribution in [0.5, 0.6) is 0 Å². The fourth-order valence-corrected chi connectivity index (χ4v) is 2.94. The van der Waals surface area contributed by atoms with E-state index in [1.807, 2.05) is 26.0 Å². The maximum atomic E-state index is 12.1. The fourth-order valence-electron chi connectivity index (χ4n) is 2.94. The number of hydrogen-bond acceptors (Lipinski definition) is 5. The Hall–Kier alpha value is -2.34. The summed E-state index contributed by atoms with van der Waals surface area (Å²) >= 11 is 0. The molecular weight excluding hydrogens is 370 g/mol. The molecule has 0 saturated heterocycles. The minimum Gasteiger partial charge on any atom is -0.466 e. The number of aliphatic hydroxyl groups is 1. The highest BCUT2D eigenvalue weighted by Gasteiger charge is 2.19. The van der Waals surface area contributed by atoms with Gasteiger partial charge in [-0.15, -0.1) is 0 Å². The molecule has 0 fully saturated rings. The lowest BCUT2D eigenvalue weighted by Gasteiger charge is -2.22. The number of ether oxygens (including phenoxy) is 2. The quantitative estimate of drug-likeness (QED) is 0.479. The monoisotopic (exact) mass is 405 g/mol. The molecule has 6 heteroatoms. The Kier molecular flexibility index (Phi) is 9.89. The molecule has 0 aromatic heterocycles. The number of rotatable bonds is 9. The van der Waals surface area contributed by atoms with Gasteiger partial charge in [-0.3, -0.25) is 4.79 Å². The summed E-state index contributed by atoms with van der Waals surface area (Å²) in [6, 6.07) is 5.72. The Morgan fingerprint density at radius 2 is 1.76 bits per heavy atom. The highest BCUT2D eigenvalue weighted by atomic mass is 16.6. The summed E-state index contributed by atoms with van der Waals surface area (Å²) < 4.78 is 10.2. The molecule has 0 saturated carbocycles. The van der Waals surface area contributed by atoms with Gasteiger partial charge in [0.15, 0.2) is 0 Å². The van der Waals surface area contributed by atoms with E-state index in [1.165, 1.54) is 0 Å². The second-order valence-corrected chi connectivity index (χ2v) is 8.25. The van der Waals surface area contributed by atoms with E-state index in [2.05, 4.69) is 11.4 Å². The van der Waals surface area contributed by atoms with Crippen molar-refractivity contribution in [2.75, 3.05) is 6.61 Å². The van der Waals surface area contributed by atoms with E-state index in [0.29, 0.717) is 19.4 Å². The number of carbonyl (C=O) groups excluding carboxylic acids is 2. The van der Waals surface area contributed by atoms with Gasteiger partial charge in [-0.05, 0) is 53.5 Å². The molecule has 0 radical (unpaired) electrons. The third-order valence-corrected chi connectivity index (χ3v) is 3.96. The molecule has 1 aromatic rings. The number of benzene rings is 1. The SMILES string of the molecule is CCOC(=O)CC[C@H](C=C[C@@H](O)Cc1cc(C)cc(C)c1)NC(=O)OC(C)(C)C. The van der Waals surface area contributed by atoms with E-state index < -0.39 is 23.8 Å². The van der Waals surface area contributed by atoms with Crippen molar-refractivity contribution in [3.8, 4) is 0 Å². The first-order chi connectivity index (χ1) is 13.5. The molecule has 2 atom stereocenters. The van der Waals surface area contributed by atoms with Crippen molar-refractivity contribution in [3.63, 3.8) is 0 Å². The Morgan fingerprint density at radius 1 is 1.14 bits per heavy atom. The molecule has 0 aliphatic carbocycles. The van der Waals surface area contributed by atoms with E-state index in [0.717, 1.165) is 16.7 Å². The van der Waals surface area contributed by atoms with Crippen molar-refractivity contribution in [2.24, 2.45) is 0 Å². The van der Waals surface area contributed by atoms with Crippen LogP contribution in [0.2, 0.25) is 0 Å². The zero-order valence-electron chi connectivity index (χ0n) is 18.5. The average Bonchev–Trinajstić information content (AvgIpc) is 2.55. The Balaban J connectivity index is 2.76. The molecule has 1 amide bonds. The normalized spacial score (nSPS) is 13.8. The zero-order chi connectivity index (χ0) is 22.0. The van der Waals surface area contributed by atoms with Crippen LogP contribution in [0.15, 0.2) is 30.4 Å². The second-order valence-electron chi connectivity index (χ2n) is 8.25. The summed E-state index contributed by atoms with van der Waals surface area (Å²) in [6.45, 7) is 11.5. The number of esters is 1. The predicted molar refractivity (Wildman–Crippen MR) is 114 cm³/mol. The number of aryl methyl sites for hydroxylation is 2. The Bertz CT molecular complexity index is 685. The van der Waals surface area contributed by atoms with Crippen molar-refractivity contribution >= 4 is 12.1 Å². The molecule has 1 rings (SSSR count). The molecule has 6 nitrogen and oxygen atoms in total. The van der Waals surface area contributed by atoms with Crippen LogP contribution in [0.1, 0.15) is 57.2 Å². The van der Waals surface area contributed by atoms with Gasteiger partial charge in [0, 0.05) is 12.8 Å². The number of hydrogen-bond donors (Lipinski definition) is 2. The predicted octanol–water partition coefficient (Wildman–Crippen LogP) is 4.00. The average molecular weight is 406 g/mol. The molecule has 29 heavy (non-hydrogen) atoms. The minimum atomic E-state index is -0.707. The highest BCUT2D eigenvalue weighted by Crippen LogP contribution is 2.13. The van der Waals surface area contributed by atoms with Crippen LogP contribution in [0.3, 0.4) is 0 Å². The van der Waals surface area contributed by atoms with Crippen LogP contribution in [0, 0.1) is 13.8 Å². The Labute approximate surface area is 174 Å². The van der Waals surface area contributed by atoms with Gasteiger partial charge in [-0.1, -0.05) is 41.5 Å². The molecule has 0 heterocycles. The lowest BCUT2D eigenvalue weighted by atomic mass is 10.0. The van der Waals surface area contributed by atoms with Gasteiger partial charge in [-0.2, -0.15) is 0 Å². The molecule has 0 spiro atoms. The topological polar surface area (TPSA) is 84.9 Å². The molecular formula is C23H35NO5. The van der Waals surface area contributed by atoms with E-state index in [4.69, 9.17) is 9.47 Å². The first-order valence-electron chi connectivity index (χ1n) is 10.1. The lowest BCUT2D eigenvalue weighted by molar-refractivity contribution is -0.143. The highest BCUT2D eigenvalue weighted by molar-refractivity contribution is 5.70. The summed E-state index contributed by atoms with van der Waals surface area (Å²) in [6.07, 6.45) is 3.05. The van der Waals surface area contributed by atoms with Crippen molar-refractivity contribution < 1.29 is 24.2 Å². The van der Waals surface area contributed by atoms with Crippen LogP contribution >= 0.6 is 0 Å². The molecule has 0 unspecified atom stereocenters. The molecule has 162 valence electrons. The first kappa shape index (κ1) is 24.7. The standard InChI is InChI=1S/C23H35NO5/c1-7-28-21(26)11-9-19(24-22(27)29-23(4,5)6)8-10-20(25)15-18-13-16(2)12-17(3)14-18/h8,10,12-14,19-20,25H,7,9,11,15H2,1-6H3,(H,24,27)/t19-,20+/m0/s1. The van der Waals surface area contributed by atoms with Crippen molar-refractivity contribution in [1.29, 1.82) is 0 Å². The van der Waals surface area contributed by atoms with Crippen molar-refractivity contribution in [2.45, 2.75) is 78.6 Å². The lowest BCUT2D eigenvalue weighted by Crippen LogP contribution is -2.38. The summed E-state index contributed by atoms with van der Waals surface area (Å²) in [5.41, 5.74) is 2.72. The van der Waals surface area contributed by atoms with Gasteiger partial charge in [0.25, 0.3) is 0 Å². The number of nitrogens with one attached hydrogen (secondary N) is 1. The van der Waals surface area contributed by atoms with Gasteiger partial charge >= 0.3 is 12.1 Å². The molecule has 0 aliphatic heterocycles. The Morgan fingerprint density at radius 3 is 2.31 bits per heavy atom. The number of alkyl carbamates (subject to hydrolysis) is 1. The van der Waals surface area contributed by atoms with Gasteiger partial charge in [0.1, 0.15) is 5.60 Å². The van der Waals surface area contributed by atoms with Crippen LogP contribution in [0.4, 0.5) is 4.79 Å². The van der Waals surface area contributed by atoms with Crippen molar-refractivity contribution in [3.05, 3.63) is 47.0 Å². The van der Waals surface area contributed by atoms with Crippen LogP contribution < -0.4 is 5.32 Å². The zero-order valence-corrected chi connectivity index (χ0v) is 18.5. The minimum absolute atomic E-state index is 0.159. The summed E-state index contributed by atoms with van der Waals surface area (Å²) in [5.74, 6) is -0.326. The molecule has 1 aromatic carbocycles. The summed E-state index contributed by atoms with van der Waals surface area (Å²) in [4.78, 5) is 23.8. The maximum Gasteiger partial charge on any atom is 0.408 e. The first-order valence-corrected chi connectivity index (χ1v) is 10.1. The summed E-state index contributed by atoms with van der Waals surface area (Å²) in [5, 5.41) is 13.1.